The normalized spacial score (nSPS) is 23.7. The van der Waals surface area contributed by atoms with Crippen molar-refractivity contribution in [1.29, 1.82) is 0 Å². The molecule has 2 heterocycles. The first kappa shape index (κ1) is 21.4. The lowest BCUT2D eigenvalue weighted by Crippen LogP contribution is -2.51. The monoisotopic (exact) mass is 437 g/mol. The Kier molecular flexibility index (Phi) is 5.96. The Labute approximate surface area is 167 Å². The SMILES string of the molecule is Cc1ccc(S(=O)(=O)N2CCOC2C(=O)N(C)C2CCC(F)(F)CC2)c(Cl)n1. The number of halogens is 3. The highest BCUT2D eigenvalue weighted by molar-refractivity contribution is 7.89. The summed E-state index contributed by atoms with van der Waals surface area (Å²) in [5.41, 5.74) is 0.558. The van der Waals surface area contributed by atoms with Crippen LogP contribution in [-0.4, -0.2) is 66.9 Å². The molecule has 2 aliphatic rings. The van der Waals surface area contributed by atoms with Crippen LogP contribution in [0.3, 0.4) is 0 Å². The van der Waals surface area contributed by atoms with Crippen molar-refractivity contribution in [2.45, 2.75) is 55.7 Å². The third kappa shape index (κ3) is 4.14. The van der Waals surface area contributed by atoms with E-state index in [2.05, 4.69) is 4.98 Å². The molecule has 1 aliphatic carbocycles. The number of alkyl halides is 2. The largest absolute Gasteiger partial charge is 0.351 e. The van der Waals surface area contributed by atoms with Crippen molar-refractivity contribution in [1.82, 2.24) is 14.2 Å². The predicted molar refractivity (Wildman–Crippen MR) is 97.6 cm³/mol. The second-order valence-corrected chi connectivity index (χ2v) is 9.33. The number of carbonyl (C=O) groups is 1. The van der Waals surface area contributed by atoms with Crippen LogP contribution in [0.4, 0.5) is 8.78 Å². The molecule has 1 unspecified atom stereocenters. The minimum Gasteiger partial charge on any atom is -0.351 e. The number of rotatable bonds is 4. The van der Waals surface area contributed by atoms with E-state index < -0.39 is 28.1 Å². The van der Waals surface area contributed by atoms with E-state index in [1.807, 2.05) is 0 Å². The van der Waals surface area contributed by atoms with Gasteiger partial charge in [-0.2, -0.15) is 4.31 Å². The first-order valence-electron chi connectivity index (χ1n) is 8.94. The van der Waals surface area contributed by atoms with Crippen LogP contribution in [0, 0.1) is 6.92 Å². The van der Waals surface area contributed by atoms with E-state index in [0.29, 0.717) is 5.69 Å². The van der Waals surface area contributed by atoms with Gasteiger partial charge in [0.2, 0.25) is 22.2 Å². The van der Waals surface area contributed by atoms with Gasteiger partial charge in [0, 0.05) is 38.2 Å². The molecule has 1 aromatic heterocycles. The van der Waals surface area contributed by atoms with Crippen LogP contribution in [0.25, 0.3) is 0 Å². The van der Waals surface area contributed by atoms with Gasteiger partial charge in [0.15, 0.2) is 0 Å². The van der Waals surface area contributed by atoms with Crippen molar-refractivity contribution in [3.63, 3.8) is 0 Å². The van der Waals surface area contributed by atoms with Crippen LogP contribution >= 0.6 is 11.6 Å². The van der Waals surface area contributed by atoms with Crippen LogP contribution in [-0.2, 0) is 19.6 Å². The highest BCUT2D eigenvalue weighted by atomic mass is 35.5. The van der Waals surface area contributed by atoms with E-state index in [9.17, 15) is 22.0 Å². The molecule has 1 amide bonds. The summed E-state index contributed by atoms with van der Waals surface area (Å²) < 4.78 is 59.1. The summed E-state index contributed by atoms with van der Waals surface area (Å²) in [6.07, 6.45) is -1.64. The molecule has 0 spiro atoms. The molecule has 0 aromatic carbocycles. The standard InChI is InChI=1S/C17H22ClF2N3O4S/c1-11-3-4-13(14(18)21-11)28(25,26)23-9-10-27-16(23)15(24)22(2)12-5-7-17(19,20)8-6-12/h3-4,12,16H,5-10H2,1-2H3. The number of likely N-dealkylation sites (N-methyl/N-ethyl adjacent to an activating group) is 1. The molecule has 156 valence electrons. The Morgan fingerprint density at radius 2 is 2.00 bits per heavy atom. The average molecular weight is 438 g/mol. The van der Waals surface area contributed by atoms with Gasteiger partial charge in [-0.15, -0.1) is 0 Å². The molecular formula is C17H22ClF2N3O4S. The number of ether oxygens (including phenoxy) is 1. The molecule has 1 aromatic rings. The van der Waals surface area contributed by atoms with Gasteiger partial charge in [0.1, 0.15) is 10.0 Å². The predicted octanol–water partition coefficient (Wildman–Crippen LogP) is 2.43. The summed E-state index contributed by atoms with van der Waals surface area (Å²) in [6, 6.07) is 2.47. The molecule has 1 aliphatic heterocycles. The molecule has 1 atom stereocenters. The van der Waals surface area contributed by atoms with E-state index in [1.54, 1.807) is 6.92 Å². The van der Waals surface area contributed by atoms with Crippen LogP contribution < -0.4 is 0 Å². The number of aromatic nitrogens is 1. The summed E-state index contributed by atoms with van der Waals surface area (Å²) in [6.45, 7) is 1.71. The van der Waals surface area contributed by atoms with Crippen molar-refractivity contribution < 1.29 is 26.7 Å². The van der Waals surface area contributed by atoms with Gasteiger partial charge in [-0.25, -0.2) is 22.2 Å². The van der Waals surface area contributed by atoms with Crippen molar-refractivity contribution >= 4 is 27.5 Å². The molecule has 0 radical (unpaired) electrons. The molecule has 0 bridgehead atoms. The van der Waals surface area contributed by atoms with Gasteiger partial charge in [-0.1, -0.05) is 11.6 Å². The minimum atomic E-state index is -4.12. The van der Waals surface area contributed by atoms with Crippen LogP contribution in [0.15, 0.2) is 17.0 Å². The lowest BCUT2D eigenvalue weighted by Gasteiger charge is -2.36. The maximum Gasteiger partial charge on any atom is 0.268 e. The van der Waals surface area contributed by atoms with Crippen molar-refractivity contribution in [3.8, 4) is 0 Å². The fraction of sp³-hybridized carbons (Fsp3) is 0.647. The van der Waals surface area contributed by atoms with Gasteiger partial charge in [0.25, 0.3) is 5.91 Å². The fourth-order valence-electron chi connectivity index (χ4n) is 3.49. The smallest absolute Gasteiger partial charge is 0.268 e. The molecule has 1 saturated heterocycles. The Morgan fingerprint density at radius 3 is 2.61 bits per heavy atom. The number of amides is 1. The average Bonchev–Trinajstić information content (AvgIpc) is 3.10. The topological polar surface area (TPSA) is 79.8 Å². The molecule has 3 rings (SSSR count). The van der Waals surface area contributed by atoms with E-state index in [4.69, 9.17) is 16.3 Å². The van der Waals surface area contributed by atoms with Gasteiger partial charge in [-0.3, -0.25) is 4.79 Å². The van der Waals surface area contributed by atoms with Crippen LogP contribution in [0.2, 0.25) is 5.15 Å². The zero-order valence-corrected chi connectivity index (χ0v) is 17.1. The van der Waals surface area contributed by atoms with Gasteiger partial charge >= 0.3 is 0 Å². The maximum absolute atomic E-state index is 13.4. The third-order valence-corrected chi connectivity index (χ3v) is 7.46. The van der Waals surface area contributed by atoms with E-state index in [1.165, 1.54) is 24.1 Å². The van der Waals surface area contributed by atoms with Crippen LogP contribution in [0.5, 0.6) is 0 Å². The molecular weight excluding hydrogens is 416 g/mol. The lowest BCUT2D eigenvalue weighted by atomic mass is 9.91. The first-order valence-corrected chi connectivity index (χ1v) is 10.8. The highest BCUT2D eigenvalue weighted by Crippen LogP contribution is 2.35. The number of hydrogen-bond acceptors (Lipinski definition) is 5. The quantitative estimate of drug-likeness (QED) is 0.676. The number of pyridine rings is 1. The number of hydrogen-bond donors (Lipinski definition) is 0. The highest BCUT2D eigenvalue weighted by Gasteiger charge is 2.45. The van der Waals surface area contributed by atoms with E-state index in [-0.39, 0.29) is 54.9 Å². The van der Waals surface area contributed by atoms with Gasteiger partial charge in [-0.05, 0) is 31.9 Å². The number of aryl methyl sites for hydroxylation is 1. The number of nitrogens with zero attached hydrogens (tertiary/aromatic N) is 3. The Hall–Kier alpha value is -1.36. The third-order valence-electron chi connectivity index (χ3n) is 5.18. The molecule has 7 nitrogen and oxygen atoms in total. The summed E-state index contributed by atoms with van der Waals surface area (Å²) in [4.78, 5) is 18.0. The second-order valence-electron chi connectivity index (χ2n) is 7.12. The summed E-state index contributed by atoms with van der Waals surface area (Å²) in [5, 5.41) is -0.180. The number of sulfonamides is 1. The zero-order chi connectivity index (χ0) is 20.7. The summed E-state index contributed by atoms with van der Waals surface area (Å²) in [5.74, 6) is -3.29. The first-order chi connectivity index (χ1) is 13.0. The molecule has 2 fully saturated rings. The second kappa shape index (κ2) is 7.81. The van der Waals surface area contributed by atoms with Gasteiger partial charge < -0.3 is 9.64 Å². The fourth-order valence-corrected chi connectivity index (χ4v) is 5.45. The maximum atomic E-state index is 13.4. The number of carbonyl (C=O) groups excluding carboxylic acids is 1. The molecule has 0 N–H and O–H groups in total. The minimum absolute atomic E-state index is 0.0144. The zero-order valence-electron chi connectivity index (χ0n) is 15.6. The van der Waals surface area contributed by atoms with Crippen LogP contribution in [0.1, 0.15) is 31.4 Å². The molecule has 11 heteroatoms. The Bertz CT molecular complexity index is 858. The van der Waals surface area contributed by atoms with E-state index >= 15 is 0 Å². The van der Waals surface area contributed by atoms with Crippen molar-refractivity contribution in [3.05, 3.63) is 23.0 Å². The van der Waals surface area contributed by atoms with Crippen molar-refractivity contribution in [2.24, 2.45) is 0 Å². The Morgan fingerprint density at radius 1 is 1.36 bits per heavy atom. The van der Waals surface area contributed by atoms with Crippen molar-refractivity contribution in [2.75, 3.05) is 20.2 Å². The van der Waals surface area contributed by atoms with Gasteiger partial charge in [0.05, 0.1) is 6.61 Å². The Balaban J connectivity index is 1.79. The van der Waals surface area contributed by atoms with E-state index in [0.717, 1.165) is 4.31 Å². The molecule has 1 saturated carbocycles. The summed E-state index contributed by atoms with van der Waals surface area (Å²) >= 11 is 6.01. The lowest BCUT2D eigenvalue weighted by molar-refractivity contribution is -0.148. The summed E-state index contributed by atoms with van der Waals surface area (Å²) in [7, 11) is -2.63. The molecule has 28 heavy (non-hydrogen) atoms.